The number of rotatable bonds is 7. The molecule has 106 valence electrons. The van der Waals surface area contributed by atoms with Gasteiger partial charge in [0.05, 0.1) is 6.10 Å². The van der Waals surface area contributed by atoms with Gasteiger partial charge in [-0.25, -0.2) is 0 Å². The fourth-order valence-corrected chi connectivity index (χ4v) is 3.30. The SMILES string of the molecule is CNCC(CCC1CCCO1)Cc1cccc(Br)c1. The van der Waals surface area contributed by atoms with Crippen LogP contribution in [0.15, 0.2) is 28.7 Å². The second-order valence-electron chi connectivity index (χ2n) is 5.47. The molecule has 1 aromatic carbocycles. The molecule has 2 nitrogen and oxygen atoms in total. The topological polar surface area (TPSA) is 21.3 Å². The Morgan fingerprint density at radius 3 is 3.05 bits per heavy atom. The second kappa shape index (κ2) is 8.03. The van der Waals surface area contributed by atoms with Gasteiger partial charge in [-0.2, -0.15) is 0 Å². The van der Waals surface area contributed by atoms with E-state index in [9.17, 15) is 0 Å². The van der Waals surface area contributed by atoms with Crippen molar-refractivity contribution >= 4 is 15.9 Å². The highest BCUT2D eigenvalue weighted by Gasteiger charge is 2.18. The van der Waals surface area contributed by atoms with E-state index in [1.54, 1.807) is 0 Å². The molecule has 0 aliphatic carbocycles. The molecule has 1 aliphatic rings. The van der Waals surface area contributed by atoms with Crippen LogP contribution in [0.5, 0.6) is 0 Å². The van der Waals surface area contributed by atoms with Crippen LogP contribution >= 0.6 is 15.9 Å². The summed E-state index contributed by atoms with van der Waals surface area (Å²) in [5, 5.41) is 3.33. The average Bonchev–Trinajstić information content (AvgIpc) is 2.89. The summed E-state index contributed by atoms with van der Waals surface area (Å²) >= 11 is 3.55. The summed E-state index contributed by atoms with van der Waals surface area (Å²) in [6, 6.07) is 8.66. The van der Waals surface area contributed by atoms with Crippen LogP contribution in [0.3, 0.4) is 0 Å². The fraction of sp³-hybridized carbons (Fsp3) is 0.625. The summed E-state index contributed by atoms with van der Waals surface area (Å²) in [5.74, 6) is 0.698. The highest BCUT2D eigenvalue weighted by Crippen LogP contribution is 2.22. The van der Waals surface area contributed by atoms with Crippen molar-refractivity contribution in [1.82, 2.24) is 5.32 Å². The van der Waals surface area contributed by atoms with E-state index < -0.39 is 0 Å². The van der Waals surface area contributed by atoms with Gasteiger partial charge in [-0.1, -0.05) is 28.1 Å². The summed E-state index contributed by atoms with van der Waals surface area (Å²) in [7, 11) is 2.04. The lowest BCUT2D eigenvalue weighted by Crippen LogP contribution is -2.22. The van der Waals surface area contributed by atoms with Crippen LogP contribution in [-0.4, -0.2) is 26.3 Å². The van der Waals surface area contributed by atoms with Crippen LogP contribution < -0.4 is 5.32 Å². The van der Waals surface area contributed by atoms with E-state index in [4.69, 9.17) is 4.74 Å². The van der Waals surface area contributed by atoms with Crippen molar-refractivity contribution in [2.45, 2.75) is 38.2 Å². The lowest BCUT2D eigenvalue weighted by Gasteiger charge is -2.19. The third-order valence-corrected chi connectivity index (χ3v) is 4.32. The molecule has 0 spiro atoms. The maximum Gasteiger partial charge on any atom is 0.0576 e. The first-order valence-corrected chi connectivity index (χ1v) is 8.08. The first-order chi connectivity index (χ1) is 9.28. The predicted octanol–water partition coefficient (Wildman–Crippen LogP) is 3.79. The molecule has 3 heteroatoms. The highest BCUT2D eigenvalue weighted by atomic mass is 79.9. The molecule has 1 heterocycles. The number of benzene rings is 1. The zero-order valence-corrected chi connectivity index (χ0v) is 13.3. The van der Waals surface area contributed by atoms with Crippen molar-refractivity contribution in [1.29, 1.82) is 0 Å². The molecule has 2 rings (SSSR count). The van der Waals surface area contributed by atoms with Gasteiger partial charge < -0.3 is 10.1 Å². The monoisotopic (exact) mass is 325 g/mol. The molecular formula is C16H24BrNO. The molecule has 1 aliphatic heterocycles. The molecule has 1 N–H and O–H groups in total. The van der Waals surface area contributed by atoms with Gasteiger partial charge in [0, 0.05) is 11.1 Å². The van der Waals surface area contributed by atoms with Crippen LogP contribution in [0.25, 0.3) is 0 Å². The van der Waals surface area contributed by atoms with Crippen molar-refractivity contribution in [2.24, 2.45) is 5.92 Å². The van der Waals surface area contributed by atoms with Gasteiger partial charge in [0.2, 0.25) is 0 Å². The summed E-state index contributed by atoms with van der Waals surface area (Å²) in [5.41, 5.74) is 1.42. The number of ether oxygens (including phenoxy) is 1. The Bertz CT molecular complexity index is 377. The smallest absolute Gasteiger partial charge is 0.0576 e. The van der Waals surface area contributed by atoms with E-state index in [1.807, 2.05) is 7.05 Å². The Labute approximate surface area is 125 Å². The van der Waals surface area contributed by atoms with Crippen LogP contribution in [0.4, 0.5) is 0 Å². The normalized spacial score (nSPS) is 20.6. The predicted molar refractivity (Wildman–Crippen MR) is 83.5 cm³/mol. The Morgan fingerprint density at radius 1 is 1.47 bits per heavy atom. The molecule has 0 bridgehead atoms. The van der Waals surface area contributed by atoms with Gasteiger partial charge in [0.25, 0.3) is 0 Å². The maximum absolute atomic E-state index is 5.72. The molecule has 1 fully saturated rings. The Morgan fingerprint density at radius 2 is 2.37 bits per heavy atom. The molecule has 1 saturated heterocycles. The quantitative estimate of drug-likeness (QED) is 0.823. The zero-order chi connectivity index (χ0) is 13.5. The number of halogens is 1. The lowest BCUT2D eigenvalue weighted by atomic mass is 9.93. The van der Waals surface area contributed by atoms with Crippen LogP contribution in [0.1, 0.15) is 31.2 Å². The number of hydrogen-bond donors (Lipinski definition) is 1. The Kier molecular flexibility index (Phi) is 6.35. The maximum atomic E-state index is 5.72. The molecule has 1 aromatic rings. The van der Waals surface area contributed by atoms with Crippen molar-refractivity contribution in [3.05, 3.63) is 34.3 Å². The number of hydrogen-bond acceptors (Lipinski definition) is 2. The summed E-state index contributed by atoms with van der Waals surface area (Å²) in [6.45, 7) is 2.05. The van der Waals surface area contributed by atoms with Gasteiger partial charge in [-0.3, -0.25) is 0 Å². The van der Waals surface area contributed by atoms with E-state index >= 15 is 0 Å². The molecule has 2 atom stereocenters. The van der Waals surface area contributed by atoms with Crippen molar-refractivity contribution in [3.63, 3.8) is 0 Å². The summed E-state index contributed by atoms with van der Waals surface area (Å²) < 4.78 is 6.90. The van der Waals surface area contributed by atoms with E-state index in [2.05, 4.69) is 45.5 Å². The van der Waals surface area contributed by atoms with Crippen LogP contribution in [0, 0.1) is 5.92 Å². The van der Waals surface area contributed by atoms with E-state index in [-0.39, 0.29) is 0 Å². The Hall–Kier alpha value is -0.380. The average molecular weight is 326 g/mol. The minimum atomic E-state index is 0.516. The van der Waals surface area contributed by atoms with E-state index in [0.717, 1.165) is 19.6 Å². The molecular weight excluding hydrogens is 302 g/mol. The van der Waals surface area contributed by atoms with Gasteiger partial charge in [0.1, 0.15) is 0 Å². The van der Waals surface area contributed by atoms with Crippen molar-refractivity contribution < 1.29 is 4.74 Å². The number of nitrogens with one attached hydrogen (secondary N) is 1. The Balaban J connectivity index is 1.84. The highest BCUT2D eigenvalue weighted by molar-refractivity contribution is 9.10. The van der Waals surface area contributed by atoms with E-state index in [0.29, 0.717) is 12.0 Å². The van der Waals surface area contributed by atoms with Gasteiger partial charge in [-0.05, 0) is 69.3 Å². The molecule has 0 saturated carbocycles. The molecule has 19 heavy (non-hydrogen) atoms. The van der Waals surface area contributed by atoms with Gasteiger partial charge in [-0.15, -0.1) is 0 Å². The minimum Gasteiger partial charge on any atom is -0.378 e. The third-order valence-electron chi connectivity index (χ3n) is 3.83. The van der Waals surface area contributed by atoms with Crippen LogP contribution in [-0.2, 0) is 11.2 Å². The standard InChI is InChI=1S/C16H24BrNO/c1-18-12-14(7-8-16-6-3-9-19-16)10-13-4-2-5-15(17)11-13/h2,4-5,11,14,16,18H,3,6-10,12H2,1H3. The summed E-state index contributed by atoms with van der Waals surface area (Å²) in [6.07, 6.45) is 6.61. The molecule has 0 aromatic heterocycles. The minimum absolute atomic E-state index is 0.516. The van der Waals surface area contributed by atoms with Crippen molar-refractivity contribution in [2.75, 3.05) is 20.2 Å². The van der Waals surface area contributed by atoms with Crippen molar-refractivity contribution in [3.8, 4) is 0 Å². The molecule has 0 amide bonds. The largest absolute Gasteiger partial charge is 0.378 e. The molecule has 2 unspecified atom stereocenters. The first kappa shape index (κ1) is 15.0. The fourth-order valence-electron chi connectivity index (χ4n) is 2.86. The zero-order valence-electron chi connectivity index (χ0n) is 11.7. The van der Waals surface area contributed by atoms with Gasteiger partial charge in [0.15, 0.2) is 0 Å². The lowest BCUT2D eigenvalue weighted by molar-refractivity contribution is 0.0980. The van der Waals surface area contributed by atoms with E-state index in [1.165, 1.54) is 35.7 Å². The first-order valence-electron chi connectivity index (χ1n) is 7.28. The second-order valence-corrected chi connectivity index (χ2v) is 6.39. The third kappa shape index (κ3) is 5.25. The molecule has 0 radical (unpaired) electrons. The van der Waals surface area contributed by atoms with Gasteiger partial charge >= 0.3 is 0 Å². The van der Waals surface area contributed by atoms with Crippen LogP contribution in [0.2, 0.25) is 0 Å². The summed E-state index contributed by atoms with van der Waals surface area (Å²) in [4.78, 5) is 0.